The summed E-state index contributed by atoms with van der Waals surface area (Å²) in [5.74, 6) is 0.206. The number of likely N-dealkylation sites (tertiary alicyclic amines) is 2. The largest absolute Gasteiger partial charge is 0.573 e. The van der Waals surface area contributed by atoms with E-state index in [-0.39, 0.29) is 17.7 Å². The van der Waals surface area contributed by atoms with Gasteiger partial charge in [0.1, 0.15) is 5.75 Å². The van der Waals surface area contributed by atoms with E-state index in [1.165, 1.54) is 25.0 Å². The maximum atomic E-state index is 12.8. The highest BCUT2D eigenvalue weighted by Crippen LogP contribution is 2.30. The van der Waals surface area contributed by atoms with Gasteiger partial charge in [-0.15, -0.1) is 13.2 Å². The first-order valence-corrected chi connectivity index (χ1v) is 10.2. The second-order valence-electron chi connectivity index (χ2n) is 7.84. The number of carbonyl (C=O) groups is 1. The van der Waals surface area contributed by atoms with Crippen molar-refractivity contribution in [2.24, 2.45) is 5.92 Å². The third kappa shape index (κ3) is 5.63. The second-order valence-corrected chi connectivity index (χ2v) is 7.84. The van der Waals surface area contributed by atoms with Gasteiger partial charge in [-0.3, -0.25) is 9.69 Å². The summed E-state index contributed by atoms with van der Waals surface area (Å²) in [5, 5.41) is 0. The molecular weight excluding hydrogens is 369 g/mol. The van der Waals surface area contributed by atoms with E-state index in [2.05, 4.69) is 21.5 Å². The van der Waals surface area contributed by atoms with Crippen LogP contribution in [0.5, 0.6) is 5.75 Å². The number of piperidine rings is 1. The number of rotatable bonds is 4. The minimum atomic E-state index is -4.67. The van der Waals surface area contributed by atoms with Gasteiger partial charge in [-0.25, -0.2) is 0 Å². The lowest BCUT2D eigenvalue weighted by atomic mass is 9.93. The van der Waals surface area contributed by atoms with Crippen molar-refractivity contribution in [3.05, 3.63) is 29.8 Å². The number of halogens is 3. The van der Waals surface area contributed by atoms with Crippen LogP contribution >= 0.6 is 0 Å². The lowest BCUT2D eigenvalue weighted by Crippen LogP contribution is -2.43. The van der Waals surface area contributed by atoms with Crippen molar-refractivity contribution >= 4 is 5.91 Å². The molecule has 1 amide bonds. The Morgan fingerprint density at radius 3 is 2.11 bits per heavy atom. The number of hydrogen-bond acceptors (Lipinski definition) is 3. The van der Waals surface area contributed by atoms with Crippen LogP contribution in [0.25, 0.3) is 0 Å². The minimum Gasteiger partial charge on any atom is -0.406 e. The van der Waals surface area contributed by atoms with Crippen LogP contribution in [0.2, 0.25) is 0 Å². The Labute approximate surface area is 164 Å². The van der Waals surface area contributed by atoms with E-state index in [4.69, 9.17) is 0 Å². The van der Waals surface area contributed by atoms with E-state index in [0.717, 1.165) is 57.4 Å². The Balaban J connectivity index is 1.52. The standard InChI is InChI=1S/C21H29F3N2O2/c1-16(17-6-8-19(9-7-17)28-21(22,23)24)25-14-10-18(11-15-25)20(27)26-12-4-2-3-5-13-26/h6-9,16,18H,2-5,10-15H2,1H3. The number of ether oxygens (including phenoxy) is 1. The van der Waals surface area contributed by atoms with Gasteiger partial charge in [0.2, 0.25) is 5.91 Å². The van der Waals surface area contributed by atoms with Crippen molar-refractivity contribution in [3.8, 4) is 5.75 Å². The van der Waals surface area contributed by atoms with Gasteiger partial charge in [0, 0.05) is 25.0 Å². The number of alkyl halides is 3. The molecule has 0 aliphatic carbocycles. The van der Waals surface area contributed by atoms with Gasteiger partial charge in [-0.2, -0.15) is 0 Å². The van der Waals surface area contributed by atoms with Gasteiger partial charge in [-0.05, 0) is 63.4 Å². The molecule has 3 rings (SSSR count). The Hall–Kier alpha value is -1.76. The van der Waals surface area contributed by atoms with Crippen LogP contribution in [0.4, 0.5) is 13.2 Å². The smallest absolute Gasteiger partial charge is 0.406 e. The Bertz CT molecular complexity index is 632. The van der Waals surface area contributed by atoms with Crippen molar-refractivity contribution in [1.29, 1.82) is 0 Å². The van der Waals surface area contributed by atoms with E-state index in [1.54, 1.807) is 12.1 Å². The summed E-state index contributed by atoms with van der Waals surface area (Å²) in [6, 6.07) is 6.17. The molecule has 1 unspecified atom stereocenters. The predicted octanol–water partition coefficient (Wildman–Crippen LogP) is 4.76. The van der Waals surface area contributed by atoms with Crippen LogP contribution in [0.3, 0.4) is 0 Å². The third-order valence-electron chi connectivity index (χ3n) is 5.94. The Morgan fingerprint density at radius 2 is 1.57 bits per heavy atom. The molecule has 0 bridgehead atoms. The molecule has 2 fully saturated rings. The molecule has 2 aliphatic rings. The van der Waals surface area contributed by atoms with Crippen molar-refractivity contribution in [2.45, 2.75) is 57.9 Å². The maximum Gasteiger partial charge on any atom is 0.573 e. The molecule has 0 radical (unpaired) electrons. The maximum absolute atomic E-state index is 12.8. The van der Waals surface area contributed by atoms with Crippen LogP contribution in [-0.4, -0.2) is 48.2 Å². The van der Waals surface area contributed by atoms with Crippen molar-refractivity contribution in [2.75, 3.05) is 26.2 Å². The summed E-state index contributed by atoms with van der Waals surface area (Å²) in [6.45, 7) is 5.48. The van der Waals surface area contributed by atoms with E-state index < -0.39 is 6.36 Å². The van der Waals surface area contributed by atoms with E-state index in [9.17, 15) is 18.0 Å². The zero-order chi connectivity index (χ0) is 20.1. The number of benzene rings is 1. The van der Waals surface area contributed by atoms with Gasteiger partial charge < -0.3 is 9.64 Å². The molecule has 0 spiro atoms. The zero-order valence-electron chi connectivity index (χ0n) is 16.4. The molecule has 0 aromatic heterocycles. The van der Waals surface area contributed by atoms with E-state index in [1.807, 2.05) is 0 Å². The molecule has 2 aliphatic heterocycles. The molecule has 2 heterocycles. The lowest BCUT2D eigenvalue weighted by Gasteiger charge is -2.37. The SMILES string of the molecule is CC(c1ccc(OC(F)(F)F)cc1)N1CCC(C(=O)N2CCCCCC2)CC1. The molecule has 2 saturated heterocycles. The molecule has 0 saturated carbocycles. The lowest BCUT2D eigenvalue weighted by molar-refractivity contribution is -0.274. The fraction of sp³-hybridized carbons (Fsp3) is 0.667. The van der Waals surface area contributed by atoms with Gasteiger partial charge in [0.25, 0.3) is 0 Å². The van der Waals surface area contributed by atoms with Gasteiger partial charge in [0.15, 0.2) is 0 Å². The zero-order valence-corrected chi connectivity index (χ0v) is 16.4. The Morgan fingerprint density at radius 1 is 1.00 bits per heavy atom. The highest BCUT2D eigenvalue weighted by atomic mass is 19.4. The summed E-state index contributed by atoms with van der Waals surface area (Å²) in [5.41, 5.74) is 0.951. The minimum absolute atomic E-state index is 0.0918. The molecule has 156 valence electrons. The average Bonchev–Trinajstić information content (AvgIpc) is 2.96. The van der Waals surface area contributed by atoms with Crippen molar-refractivity contribution in [1.82, 2.24) is 9.80 Å². The highest BCUT2D eigenvalue weighted by Gasteiger charge is 2.32. The number of amides is 1. The highest BCUT2D eigenvalue weighted by molar-refractivity contribution is 5.79. The Kier molecular flexibility index (Phi) is 6.86. The fourth-order valence-electron chi connectivity index (χ4n) is 4.24. The molecule has 4 nitrogen and oxygen atoms in total. The van der Waals surface area contributed by atoms with Crippen molar-refractivity contribution < 1.29 is 22.7 Å². The third-order valence-corrected chi connectivity index (χ3v) is 5.94. The van der Waals surface area contributed by atoms with Gasteiger partial charge in [0.05, 0.1) is 0 Å². The molecule has 1 aromatic carbocycles. The number of nitrogens with zero attached hydrogens (tertiary/aromatic N) is 2. The summed E-state index contributed by atoms with van der Waals surface area (Å²) in [4.78, 5) is 17.2. The first kappa shape index (κ1) is 21.0. The van der Waals surface area contributed by atoms with E-state index in [0.29, 0.717) is 5.91 Å². The molecule has 28 heavy (non-hydrogen) atoms. The molecule has 1 atom stereocenters. The quantitative estimate of drug-likeness (QED) is 0.733. The summed E-state index contributed by atoms with van der Waals surface area (Å²) < 4.78 is 40.8. The van der Waals surface area contributed by atoms with Crippen LogP contribution in [0.1, 0.15) is 57.1 Å². The first-order valence-electron chi connectivity index (χ1n) is 10.2. The predicted molar refractivity (Wildman–Crippen MR) is 101 cm³/mol. The normalized spacial score (nSPS) is 21.2. The average molecular weight is 398 g/mol. The number of hydrogen-bond donors (Lipinski definition) is 0. The van der Waals surface area contributed by atoms with Crippen LogP contribution < -0.4 is 4.74 Å². The van der Waals surface area contributed by atoms with Gasteiger partial charge >= 0.3 is 6.36 Å². The topological polar surface area (TPSA) is 32.8 Å². The van der Waals surface area contributed by atoms with Crippen LogP contribution in [0.15, 0.2) is 24.3 Å². The monoisotopic (exact) mass is 398 g/mol. The van der Waals surface area contributed by atoms with Crippen LogP contribution in [-0.2, 0) is 4.79 Å². The molecule has 7 heteroatoms. The summed E-state index contributed by atoms with van der Waals surface area (Å²) in [7, 11) is 0. The van der Waals surface area contributed by atoms with Crippen molar-refractivity contribution in [3.63, 3.8) is 0 Å². The second kappa shape index (κ2) is 9.16. The van der Waals surface area contributed by atoms with E-state index >= 15 is 0 Å². The molecular formula is C21H29F3N2O2. The molecule has 0 N–H and O–H groups in total. The summed E-state index contributed by atoms with van der Waals surface area (Å²) >= 11 is 0. The summed E-state index contributed by atoms with van der Waals surface area (Å²) in [6.07, 6.45) is 1.66. The van der Waals surface area contributed by atoms with Gasteiger partial charge in [-0.1, -0.05) is 25.0 Å². The fourth-order valence-corrected chi connectivity index (χ4v) is 4.24. The molecule has 1 aromatic rings. The first-order chi connectivity index (χ1) is 13.3. The number of carbonyl (C=O) groups excluding carboxylic acids is 1. The van der Waals surface area contributed by atoms with Crippen LogP contribution in [0, 0.1) is 5.92 Å².